The van der Waals surface area contributed by atoms with Crippen molar-refractivity contribution < 1.29 is 14.0 Å². The molecule has 0 amide bonds. The summed E-state index contributed by atoms with van der Waals surface area (Å²) in [7, 11) is 1.63. The zero-order valence-electron chi connectivity index (χ0n) is 13.1. The van der Waals surface area contributed by atoms with Crippen LogP contribution in [0.4, 0.5) is 0 Å². The standard InChI is InChI=1S/C18H18N2O3/c1-3-16(22-15-7-5-4-6-8-15)18-19-17(20-23-18)13-9-11-14(21-2)12-10-13/h4-12,16H,3H2,1-2H3/t16-/m0/s1. The highest BCUT2D eigenvalue weighted by Gasteiger charge is 2.19. The van der Waals surface area contributed by atoms with Crippen molar-refractivity contribution in [3.8, 4) is 22.9 Å². The molecule has 0 aliphatic rings. The zero-order valence-corrected chi connectivity index (χ0v) is 13.1. The average Bonchev–Trinajstić information content (AvgIpc) is 3.10. The van der Waals surface area contributed by atoms with Gasteiger partial charge < -0.3 is 14.0 Å². The minimum atomic E-state index is -0.267. The van der Waals surface area contributed by atoms with E-state index < -0.39 is 0 Å². The van der Waals surface area contributed by atoms with Gasteiger partial charge in [-0.1, -0.05) is 30.3 Å². The minimum absolute atomic E-state index is 0.267. The number of aromatic nitrogens is 2. The summed E-state index contributed by atoms with van der Waals surface area (Å²) in [6.45, 7) is 2.02. The van der Waals surface area contributed by atoms with Crippen molar-refractivity contribution in [3.05, 3.63) is 60.5 Å². The fraction of sp³-hybridized carbons (Fsp3) is 0.222. The van der Waals surface area contributed by atoms with Crippen molar-refractivity contribution in [3.63, 3.8) is 0 Å². The predicted molar refractivity (Wildman–Crippen MR) is 86.4 cm³/mol. The molecule has 0 N–H and O–H groups in total. The van der Waals surface area contributed by atoms with Gasteiger partial charge in [0.25, 0.3) is 5.89 Å². The third kappa shape index (κ3) is 3.51. The van der Waals surface area contributed by atoms with Gasteiger partial charge in [-0.15, -0.1) is 0 Å². The Bertz CT molecular complexity index is 738. The molecule has 3 aromatic rings. The molecule has 0 aliphatic heterocycles. The number of methoxy groups -OCH3 is 1. The lowest BCUT2D eigenvalue weighted by Crippen LogP contribution is -2.06. The molecule has 23 heavy (non-hydrogen) atoms. The number of rotatable bonds is 6. The van der Waals surface area contributed by atoms with E-state index in [0.29, 0.717) is 11.7 Å². The van der Waals surface area contributed by atoms with E-state index in [1.807, 2.05) is 61.5 Å². The molecular weight excluding hydrogens is 292 g/mol. The SMILES string of the molecule is CC[C@H](Oc1ccccc1)c1nc(-c2ccc(OC)cc2)no1. The predicted octanol–water partition coefficient (Wildman–Crippen LogP) is 4.28. The molecular formula is C18H18N2O3. The highest BCUT2D eigenvalue weighted by atomic mass is 16.5. The van der Waals surface area contributed by atoms with Crippen LogP contribution in [-0.2, 0) is 0 Å². The zero-order chi connectivity index (χ0) is 16.1. The van der Waals surface area contributed by atoms with E-state index in [2.05, 4.69) is 10.1 Å². The summed E-state index contributed by atoms with van der Waals surface area (Å²) in [5, 5.41) is 4.05. The van der Waals surface area contributed by atoms with Gasteiger partial charge in [0, 0.05) is 5.56 Å². The smallest absolute Gasteiger partial charge is 0.268 e. The average molecular weight is 310 g/mol. The van der Waals surface area contributed by atoms with Gasteiger partial charge in [-0.25, -0.2) is 0 Å². The maximum atomic E-state index is 5.92. The number of benzene rings is 2. The highest BCUT2D eigenvalue weighted by molar-refractivity contribution is 5.55. The van der Waals surface area contributed by atoms with E-state index in [1.54, 1.807) is 7.11 Å². The van der Waals surface area contributed by atoms with Gasteiger partial charge in [0.1, 0.15) is 11.5 Å². The molecule has 0 aliphatic carbocycles. The highest BCUT2D eigenvalue weighted by Crippen LogP contribution is 2.26. The van der Waals surface area contributed by atoms with E-state index in [0.717, 1.165) is 23.5 Å². The minimum Gasteiger partial charge on any atom is -0.497 e. The molecule has 118 valence electrons. The normalized spacial score (nSPS) is 11.9. The second-order valence-electron chi connectivity index (χ2n) is 5.01. The van der Waals surface area contributed by atoms with Crippen LogP contribution >= 0.6 is 0 Å². The van der Waals surface area contributed by atoms with Crippen LogP contribution in [0.1, 0.15) is 25.3 Å². The molecule has 0 saturated carbocycles. The Hall–Kier alpha value is -2.82. The van der Waals surface area contributed by atoms with Crippen LogP contribution in [0, 0.1) is 0 Å². The van der Waals surface area contributed by atoms with Crippen LogP contribution in [0.3, 0.4) is 0 Å². The molecule has 2 aromatic carbocycles. The van der Waals surface area contributed by atoms with E-state index in [4.69, 9.17) is 14.0 Å². The van der Waals surface area contributed by atoms with E-state index in [9.17, 15) is 0 Å². The van der Waals surface area contributed by atoms with Crippen LogP contribution in [0.25, 0.3) is 11.4 Å². The van der Waals surface area contributed by atoms with Crippen LogP contribution in [-0.4, -0.2) is 17.3 Å². The van der Waals surface area contributed by atoms with Crippen LogP contribution in [0.15, 0.2) is 59.1 Å². The maximum Gasteiger partial charge on any atom is 0.268 e. The first-order valence-electron chi connectivity index (χ1n) is 7.50. The third-order valence-corrected chi connectivity index (χ3v) is 3.46. The van der Waals surface area contributed by atoms with Gasteiger partial charge in [-0.05, 0) is 42.8 Å². The number of nitrogens with zero attached hydrogens (tertiary/aromatic N) is 2. The van der Waals surface area contributed by atoms with Crippen LogP contribution < -0.4 is 9.47 Å². The molecule has 1 atom stereocenters. The Labute approximate surface area is 134 Å². The van der Waals surface area contributed by atoms with Gasteiger partial charge in [-0.3, -0.25) is 0 Å². The molecule has 0 saturated heterocycles. The lowest BCUT2D eigenvalue weighted by atomic mass is 10.2. The number of hydrogen-bond acceptors (Lipinski definition) is 5. The fourth-order valence-electron chi connectivity index (χ4n) is 2.20. The Kier molecular flexibility index (Phi) is 4.57. The molecule has 0 fully saturated rings. The summed E-state index contributed by atoms with van der Waals surface area (Å²) in [4.78, 5) is 4.46. The van der Waals surface area contributed by atoms with Crippen molar-refractivity contribution in [2.75, 3.05) is 7.11 Å². The van der Waals surface area contributed by atoms with E-state index in [-0.39, 0.29) is 6.10 Å². The number of ether oxygens (including phenoxy) is 2. The quantitative estimate of drug-likeness (QED) is 0.680. The monoisotopic (exact) mass is 310 g/mol. The van der Waals surface area contributed by atoms with Crippen molar-refractivity contribution in [1.82, 2.24) is 10.1 Å². The van der Waals surface area contributed by atoms with Gasteiger partial charge in [0.05, 0.1) is 7.11 Å². The van der Waals surface area contributed by atoms with Gasteiger partial charge in [0.2, 0.25) is 5.82 Å². The van der Waals surface area contributed by atoms with Crippen molar-refractivity contribution >= 4 is 0 Å². The molecule has 3 rings (SSSR count). The number of para-hydroxylation sites is 1. The molecule has 0 unspecified atom stereocenters. The van der Waals surface area contributed by atoms with Gasteiger partial charge in [-0.2, -0.15) is 4.98 Å². The molecule has 1 heterocycles. The van der Waals surface area contributed by atoms with Crippen LogP contribution in [0.5, 0.6) is 11.5 Å². The maximum absolute atomic E-state index is 5.92. The third-order valence-electron chi connectivity index (χ3n) is 3.46. The molecule has 5 nitrogen and oxygen atoms in total. The molecule has 5 heteroatoms. The second-order valence-corrected chi connectivity index (χ2v) is 5.01. The Morgan fingerprint density at radius 3 is 2.39 bits per heavy atom. The van der Waals surface area contributed by atoms with Gasteiger partial charge >= 0.3 is 0 Å². The first kappa shape index (κ1) is 15.1. The summed E-state index contributed by atoms with van der Waals surface area (Å²) in [6.07, 6.45) is 0.468. The lowest BCUT2D eigenvalue weighted by molar-refractivity contribution is 0.154. The largest absolute Gasteiger partial charge is 0.497 e. The summed E-state index contributed by atoms with van der Waals surface area (Å²) in [5.74, 6) is 2.58. The molecule has 1 aromatic heterocycles. The fourth-order valence-corrected chi connectivity index (χ4v) is 2.20. The van der Waals surface area contributed by atoms with Crippen molar-refractivity contribution in [2.45, 2.75) is 19.4 Å². The summed E-state index contributed by atoms with van der Waals surface area (Å²) < 4.78 is 16.5. The number of hydrogen-bond donors (Lipinski definition) is 0. The summed E-state index contributed by atoms with van der Waals surface area (Å²) in [6, 6.07) is 17.1. The Morgan fingerprint density at radius 2 is 1.74 bits per heavy atom. The topological polar surface area (TPSA) is 57.4 Å². The van der Waals surface area contributed by atoms with Gasteiger partial charge in [0.15, 0.2) is 6.10 Å². The Balaban J connectivity index is 1.78. The van der Waals surface area contributed by atoms with E-state index >= 15 is 0 Å². The Morgan fingerprint density at radius 1 is 1.00 bits per heavy atom. The molecule has 0 spiro atoms. The second kappa shape index (κ2) is 6.96. The summed E-state index contributed by atoms with van der Waals surface area (Å²) in [5.41, 5.74) is 0.871. The molecule has 0 bridgehead atoms. The van der Waals surface area contributed by atoms with Crippen molar-refractivity contribution in [1.29, 1.82) is 0 Å². The first-order valence-corrected chi connectivity index (χ1v) is 7.50. The lowest BCUT2D eigenvalue weighted by Gasteiger charge is -2.13. The molecule has 0 radical (unpaired) electrons. The summed E-state index contributed by atoms with van der Waals surface area (Å²) >= 11 is 0. The first-order chi connectivity index (χ1) is 11.3. The van der Waals surface area contributed by atoms with E-state index in [1.165, 1.54) is 0 Å². The van der Waals surface area contributed by atoms with Crippen molar-refractivity contribution in [2.24, 2.45) is 0 Å². The van der Waals surface area contributed by atoms with Crippen LogP contribution in [0.2, 0.25) is 0 Å².